The molecule has 0 radical (unpaired) electrons. The van der Waals surface area contributed by atoms with Gasteiger partial charge in [0.15, 0.2) is 0 Å². The molecule has 2 aromatic rings. The maximum atomic E-state index is 11.7. The lowest BCUT2D eigenvalue weighted by Crippen LogP contribution is -2.60. The Labute approximate surface area is 106 Å². The van der Waals surface area contributed by atoms with Crippen LogP contribution in [-0.4, -0.2) is 23.0 Å². The molecule has 3 N–H and O–H groups in total. The van der Waals surface area contributed by atoms with Gasteiger partial charge in [0.25, 0.3) is 0 Å². The predicted molar refractivity (Wildman–Crippen MR) is 71.3 cm³/mol. The van der Waals surface area contributed by atoms with E-state index in [0.717, 1.165) is 5.52 Å². The smallest absolute Gasteiger partial charge is 0.239 e. The van der Waals surface area contributed by atoms with Crippen LogP contribution in [0.4, 0.5) is 0 Å². The van der Waals surface area contributed by atoms with Gasteiger partial charge in [0.1, 0.15) is 0 Å². The Balaban J connectivity index is 1.92. The van der Waals surface area contributed by atoms with Crippen molar-refractivity contribution in [3.63, 3.8) is 0 Å². The summed E-state index contributed by atoms with van der Waals surface area (Å²) in [6.07, 6.45) is 1.94. The minimum atomic E-state index is -0.520. The van der Waals surface area contributed by atoms with Gasteiger partial charge in [-0.25, -0.2) is 0 Å². The first kappa shape index (κ1) is 11.3. The van der Waals surface area contributed by atoms with Crippen LogP contribution >= 0.6 is 0 Å². The van der Waals surface area contributed by atoms with Gasteiger partial charge in [0, 0.05) is 18.3 Å². The second-order valence-electron chi connectivity index (χ2n) is 5.36. The van der Waals surface area contributed by atoms with Gasteiger partial charge in [-0.3, -0.25) is 10.1 Å². The van der Waals surface area contributed by atoms with E-state index in [0.29, 0.717) is 6.54 Å². The summed E-state index contributed by atoms with van der Waals surface area (Å²) < 4.78 is 0. The number of carbonyl (C=O) groups is 1. The van der Waals surface area contributed by atoms with Crippen LogP contribution in [0.5, 0.6) is 0 Å². The number of fused-ring (bicyclic) bond motifs is 1. The minimum absolute atomic E-state index is 0.0553. The van der Waals surface area contributed by atoms with Crippen LogP contribution in [0.3, 0.4) is 0 Å². The molecule has 4 heteroatoms. The van der Waals surface area contributed by atoms with E-state index in [1.807, 2.05) is 20.0 Å². The number of rotatable bonds is 1. The van der Waals surface area contributed by atoms with E-state index < -0.39 is 5.54 Å². The van der Waals surface area contributed by atoms with Crippen molar-refractivity contribution in [2.45, 2.75) is 25.4 Å². The summed E-state index contributed by atoms with van der Waals surface area (Å²) >= 11 is 0. The Kier molecular flexibility index (Phi) is 2.41. The molecule has 2 heterocycles. The number of aromatic amines is 1. The zero-order chi connectivity index (χ0) is 12.8. The second kappa shape index (κ2) is 3.85. The topological polar surface area (TPSA) is 56.9 Å². The zero-order valence-corrected chi connectivity index (χ0v) is 10.6. The lowest BCUT2D eigenvalue weighted by molar-refractivity contribution is -0.128. The van der Waals surface area contributed by atoms with Crippen LogP contribution in [0.15, 0.2) is 30.5 Å². The molecule has 1 atom stereocenters. The van der Waals surface area contributed by atoms with E-state index in [2.05, 4.69) is 39.9 Å². The fourth-order valence-corrected chi connectivity index (χ4v) is 2.45. The van der Waals surface area contributed by atoms with Gasteiger partial charge in [-0.15, -0.1) is 0 Å². The lowest BCUT2D eigenvalue weighted by atomic mass is 9.95. The average Bonchev–Trinajstić information content (AvgIpc) is 2.79. The fourth-order valence-electron chi connectivity index (χ4n) is 2.45. The summed E-state index contributed by atoms with van der Waals surface area (Å²) in [7, 11) is 0. The number of hydrogen-bond acceptors (Lipinski definition) is 2. The molecule has 4 nitrogen and oxygen atoms in total. The number of benzene rings is 1. The SMILES string of the molecule is CC1(C)NC(c2ccc3cc[nH]c3c2)CNC1=O. The van der Waals surface area contributed by atoms with Crippen molar-refractivity contribution in [3.8, 4) is 0 Å². The molecule has 94 valence electrons. The van der Waals surface area contributed by atoms with Crippen LogP contribution in [0.1, 0.15) is 25.5 Å². The van der Waals surface area contributed by atoms with Gasteiger partial charge in [0.2, 0.25) is 5.91 Å². The van der Waals surface area contributed by atoms with Gasteiger partial charge in [-0.2, -0.15) is 0 Å². The molecule has 1 aliphatic heterocycles. The highest BCUT2D eigenvalue weighted by Crippen LogP contribution is 2.23. The molecule has 1 aliphatic rings. The third kappa shape index (κ3) is 1.78. The number of piperazine rings is 1. The van der Waals surface area contributed by atoms with Crippen molar-refractivity contribution in [1.82, 2.24) is 15.6 Å². The highest BCUT2D eigenvalue weighted by Gasteiger charge is 2.35. The quantitative estimate of drug-likeness (QED) is 0.714. The third-order valence-electron chi connectivity index (χ3n) is 3.55. The Bertz CT molecular complexity index is 600. The molecular formula is C14H17N3O. The van der Waals surface area contributed by atoms with E-state index in [4.69, 9.17) is 0 Å². The van der Waals surface area contributed by atoms with Crippen molar-refractivity contribution in [2.24, 2.45) is 0 Å². The number of carbonyl (C=O) groups excluding carboxylic acids is 1. The molecular weight excluding hydrogens is 226 g/mol. The maximum Gasteiger partial charge on any atom is 0.239 e. The number of H-pyrrole nitrogens is 1. The van der Waals surface area contributed by atoms with Crippen molar-refractivity contribution in [2.75, 3.05) is 6.54 Å². The van der Waals surface area contributed by atoms with E-state index in [1.54, 1.807) is 0 Å². The standard InChI is InChI=1S/C14H17N3O/c1-14(2)13(18)16-8-12(17-14)10-4-3-9-5-6-15-11(9)7-10/h3-7,12,15,17H,8H2,1-2H3,(H,16,18). The Morgan fingerprint density at radius 3 is 2.89 bits per heavy atom. The summed E-state index contributed by atoms with van der Waals surface area (Å²) in [6.45, 7) is 4.44. The molecule has 1 saturated heterocycles. The lowest BCUT2D eigenvalue weighted by Gasteiger charge is -2.36. The van der Waals surface area contributed by atoms with Gasteiger partial charge in [-0.1, -0.05) is 12.1 Å². The van der Waals surface area contributed by atoms with Crippen molar-refractivity contribution in [3.05, 3.63) is 36.0 Å². The predicted octanol–water partition coefficient (Wildman–Crippen LogP) is 1.71. The zero-order valence-electron chi connectivity index (χ0n) is 10.6. The molecule has 0 aliphatic carbocycles. The number of amides is 1. The number of hydrogen-bond donors (Lipinski definition) is 3. The van der Waals surface area contributed by atoms with E-state index >= 15 is 0 Å². The van der Waals surface area contributed by atoms with E-state index in [-0.39, 0.29) is 11.9 Å². The molecule has 3 rings (SSSR count). The summed E-state index contributed by atoms with van der Waals surface area (Å²) in [6, 6.07) is 8.57. The maximum absolute atomic E-state index is 11.7. The summed E-state index contributed by atoms with van der Waals surface area (Å²) in [5, 5.41) is 7.55. The Hall–Kier alpha value is -1.81. The van der Waals surface area contributed by atoms with Crippen molar-refractivity contribution in [1.29, 1.82) is 0 Å². The van der Waals surface area contributed by atoms with Crippen LogP contribution in [-0.2, 0) is 4.79 Å². The molecule has 18 heavy (non-hydrogen) atoms. The first-order valence-corrected chi connectivity index (χ1v) is 6.19. The molecule has 1 aromatic carbocycles. The van der Waals surface area contributed by atoms with Crippen LogP contribution in [0, 0.1) is 0 Å². The fraction of sp³-hybridized carbons (Fsp3) is 0.357. The molecule has 1 aromatic heterocycles. The van der Waals surface area contributed by atoms with E-state index in [1.165, 1.54) is 10.9 Å². The third-order valence-corrected chi connectivity index (χ3v) is 3.55. The number of aromatic nitrogens is 1. The van der Waals surface area contributed by atoms with Crippen LogP contribution in [0.2, 0.25) is 0 Å². The highest BCUT2D eigenvalue weighted by molar-refractivity contribution is 5.86. The molecule has 0 saturated carbocycles. The van der Waals surface area contributed by atoms with Gasteiger partial charge >= 0.3 is 0 Å². The Morgan fingerprint density at radius 1 is 1.28 bits per heavy atom. The van der Waals surface area contributed by atoms with Crippen LogP contribution in [0.25, 0.3) is 10.9 Å². The molecule has 1 fully saturated rings. The summed E-state index contributed by atoms with van der Waals surface area (Å²) in [4.78, 5) is 14.9. The normalized spacial score (nSPS) is 23.0. The molecule has 1 amide bonds. The van der Waals surface area contributed by atoms with Gasteiger partial charge in [0.05, 0.1) is 11.6 Å². The monoisotopic (exact) mass is 243 g/mol. The molecule has 0 spiro atoms. The molecule has 0 bridgehead atoms. The number of nitrogens with one attached hydrogen (secondary N) is 3. The average molecular weight is 243 g/mol. The second-order valence-corrected chi connectivity index (χ2v) is 5.36. The first-order valence-electron chi connectivity index (χ1n) is 6.19. The van der Waals surface area contributed by atoms with Gasteiger partial charge < -0.3 is 10.3 Å². The van der Waals surface area contributed by atoms with Crippen LogP contribution < -0.4 is 10.6 Å². The Morgan fingerprint density at radius 2 is 2.11 bits per heavy atom. The van der Waals surface area contributed by atoms with Gasteiger partial charge in [-0.05, 0) is 36.9 Å². The largest absolute Gasteiger partial charge is 0.361 e. The van der Waals surface area contributed by atoms with E-state index in [9.17, 15) is 4.79 Å². The van der Waals surface area contributed by atoms with Crippen molar-refractivity contribution >= 4 is 16.8 Å². The molecule has 1 unspecified atom stereocenters. The summed E-state index contributed by atoms with van der Waals surface area (Å²) in [5.41, 5.74) is 1.80. The minimum Gasteiger partial charge on any atom is -0.361 e. The van der Waals surface area contributed by atoms with Crippen molar-refractivity contribution < 1.29 is 4.79 Å². The highest BCUT2D eigenvalue weighted by atomic mass is 16.2. The summed E-state index contributed by atoms with van der Waals surface area (Å²) in [5.74, 6) is 0.0553. The first-order chi connectivity index (χ1) is 8.56.